The summed E-state index contributed by atoms with van der Waals surface area (Å²) < 4.78 is 5.25. The van der Waals surface area contributed by atoms with Crippen LogP contribution < -0.4 is 5.69 Å². The fourth-order valence-corrected chi connectivity index (χ4v) is 3.57. The first-order valence-electron chi connectivity index (χ1n) is 8.67. The third-order valence-corrected chi connectivity index (χ3v) is 5.09. The Balaban J connectivity index is 1.42. The van der Waals surface area contributed by atoms with E-state index in [9.17, 15) is 9.59 Å². The summed E-state index contributed by atoms with van der Waals surface area (Å²) in [5.41, 5.74) is -0.00128. The smallest absolute Gasteiger partial charge is 0.345 e. The summed E-state index contributed by atoms with van der Waals surface area (Å²) in [5.74, 6) is 1.35. The third-order valence-electron chi connectivity index (χ3n) is 5.09. The molecule has 7 heteroatoms. The van der Waals surface area contributed by atoms with E-state index in [4.69, 9.17) is 0 Å². The van der Waals surface area contributed by atoms with E-state index >= 15 is 0 Å². The number of aryl methyl sites for hydroxylation is 1. The lowest BCUT2D eigenvalue weighted by molar-refractivity contribution is -0.132. The molecule has 1 amide bonds. The second-order valence-corrected chi connectivity index (χ2v) is 6.88. The van der Waals surface area contributed by atoms with Crippen molar-refractivity contribution in [3.05, 3.63) is 40.8 Å². The van der Waals surface area contributed by atoms with E-state index in [1.54, 1.807) is 7.05 Å². The molecule has 0 spiro atoms. The van der Waals surface area contributed by atoms with Crippen molar-refractivity contribution in [1.29, 1.82) is 0 Å². The molecular weight excluding hydrogens is 306 g/mol. The lowest BCUT2D eigenvalue weighted by Gasteiger charge is -2.31. The van der Waals surface area contributed by atoms with Gasteiger partial charge in [-0.25, -0.2) is 9.48 Å². The van der Waals surface area contributed by atoms with E-state index in [0.717, 1.165) is 44.6 Å². The van der Waals surface area contributed by atoms with Crippen LogP contribution in [0.15, 0.2) is 29.3 Å². The highest BCUT2D eigenvalue weighted by Gasteiger charge is 2.34. The van der Waals surface area contributed by atoms with Crippen LogP contribution >= 0.6 is 0 Å². The molecule has 0 aromatic carbocycles. The predicted octanol–water partition coefficient (Wildman–Crippen LogP) is 1.12. The molecule has 24 heavy (non-hydrogen) atoms. The van der Waals surface area contributed by atoms with Gasteiger partial charge in [0.05, 0.1) is 0 Å². The molecule has 1 saturated heterocycles. The van der Waals surface area contributed by atoms with Crippen molar-refractivity contribution in [2.24, 2.45) is 7.05 Å². The number of likely N-dealkylation sites (tertiary alicyclic amines) is 1. The van der Waals surface area contributed by atoms with Crippen molar-refractivity contribution in [2.75, 3.05) is 13.1 Å². The van der Waals surface area contributed by atoms with Gasteiger partial charge in [0.15, 0.2) is 0 Å². The first-order valence-corrected chi connectivity index (χ1v) is 8.67. The van der Waals surface area contributed by atoms with Gasteiger partial charge in [-0.3, -0.25) is 9.36 Å². The van der Waals surface area contributed by atoms with E-state index in [1.165, 1.54) is 4.68 Å². The van der Waals surface area contributed by atoms with Crippen LogP contribution in [-0.2, 0) is 18.4 Å². The van der Waals surface area contributed by atoms with Crippen molar-refractivity contribution in [3.63, 3.8) is 0 Å². The number of carbonyl (C=O) groups is 1. The summed E-state index contributed by atoms with van der Waals surface area (Å²) >= 11 is 0. The number of rotatable bonds is 4. The monoisotopic (exact) mass is 329 g/mol. The van der Waals surface area contributed by atoms with Crippen LogP contribution in [0.25, 0.3) is 0 Å². The minimum Gasteiger partial charge on any atom is -0.345 e. The van der Waals surface area contributed by atoms with Crippen LogP contribution in [0.3, 0.4) is 0 Å². The Hall–Kier alpha value is -2.31. The van der Waals surface area contributed by atoms with Gasteiger partial charge in [-0.1, -0.05) is 0 Å². The maximum absolute atomic E-state index is 12.4. The van der Waals surface area contributed by atoms with E-state index in [-0.39, 0.29) is 17.5 Å². The summed E-state index contributed by atoms with van der Waals surface area (Å²) in [6.07, 6.45) is 7.72. The maximum atomic E-state index is 12.4. The summed E-state index contributed by atoms with van der Waals surface area (Å²) in [4.78, 5) is 26.6. The van der Waals surface area contributed by atoms with Crippen LogP contribution in [-0.4, -0.2) is 42.8 Å². The van der Waals surface area contributed by atoms with Gasteiger partial charge in [0, 0.05) is 44.5 Å². The number of hydrogen-bond donors (Lipinski definition) is 0. The molecule has 1 aliphatic heterocycles. The van der Waals surface area contributed by atoms with Gasteiger partial charge in [0.1, 0.15) is 12.4 Å². The second kappa shape index (κ2) is 5.96. The van der Waals surface area contributed by atoms with Gasteiger partial charge < -0.3 is 9.47 Å². The molecule has 0 N–H and O–H groups in total. The summed E-state index contributed by atoms with van der Waals surface area (Å²) in [7, 11) is 1.72. The summed E-state index contributed by atoms with van der Waals surface area (Å²) in [5, 5.41) is 4.49. The van der Waals surface area contributed by atoms with Crippen molar-refractivity contribution in [2.45, 2.75) is 44.2 Å². The highest BCUT2D eigenvalue weighted by molar-refractivity contribution is 5.76. The lowest BCUT2D eigenvalue weighted by atomic mass is 9.95. The number of piperidine rings is 1. The molecule has 1 aliphatic carbocycles. The quantitative estimate of drug-likeness (QED) is 0.844. The minimum absolute atomic E-state index is 0.00128. The fourth-order valence-electron chi connectivity index (χ4n) is 3.57. The Labute approximate surface area is 140 Å². The van der Waals surface area contributed by atoms with Gasteiger partial charge in [-0.2, -0.15) is 5.10 Å². The van der Waals surface area contributed by atoms with E-state index in [1.807, 2.05) is 38.6 Å². The maximum Gasteiger partial charge on any atom is 0.345 e. The Morgan fingerprint density at radius 3 is 2.46 bits per heavy atom. The van der Waals surface area contributed by atoms with E-state index in [2.05, 4.69) is 5.10 Å². The topological polar surface area (TPSA) is 65.1 Å². The Morgan fingerprint density at radius 2 is 1.83 bits per heavy atom. The molecule has 3 heterocycles. The number of amides is 1. The zero-order valence-electron chi connectivity index (χ0n) is 14.0. The van der Waals surface area contributed by atoms with Crippen molar-refractivity contribution in [3.8, 4) is 0 Å². The van der Waals surface area contributed by atoms with Crippen LogP contribution in [0, 0.1) is 0 Å². The van der Waals surface area contributed by atoms with Crippen molar-refractivity contribution in [1.82, 2.24) is 23.8 Å². The first-order chi connectivity index (χ1) is 11.6. The van der Waals surface area contributed by atoms with Gasteiger partial charge in [-0.05, 0) is 37.8 Å². The highest BCUT2D eigenvalue weighted by Crippen LogP contribution is 2.37. The molecule has 2 aromatic rings. The summed E-state index contributed by atoms with van der Waals surface area (Å²) in [6, 6.07) is 4.20. The molecule has 0 radical (unpaired) electrons. The van der Waals surface area contributed by atoms with Gasteiger partial charge in [-0.15, -0.1) is 0 Å². The molecule has 1 saturated carbocycles. The van der Waals surface area contributed by atoms with Gasteiger partial charge in [0.25, 0.3) is 0 Å². The molecule has 4 rings (SSSR count). The van der Waals surface area contributed by atoms with Crippen LogP contribution in [0.1, 0.15) is 43.5 Å². The average Bonchev–Trinajstić information content (AvgIpc) is 3.21. The Morgan fingerprint density at radius 1 is 1.17 bits per heavy atom. The standard InChI is InChI=1S/C17H23N5O2/c1-19-17(24)22(14-4-5-14)16(18-19)13-6-10-21(11-7-13)15(23)12-20-8-2-3-9-20/h2-3,8-9,13-14H,4-7,10-12H2,1H3. The molecule has 128 valence electrons. The first kappa shape index (κ1) is 15.2. The van der Waals surface area contributed by atoms with Crippen LogP contribution in [0.4, 0.5) is 0 Å². The minimum atomic E-state index is -0.00128. The zero-order valence-corrected chi connectivity index (χ0v) is 14.0. The summed E-state index contributed by atoms with van der Waals surface area (Å²) in [6.45, 7) is 1.87. The molecule has 2 fully saturated rings. The molecule has 0 bridgehead atoms. The zero-order chi connectivity index (χ0) is 16.7. The number of hydrogen-bond acceptors (Lipinski definition) is 3. The molecule has 2 aliphatic rings. The third kappa shape index (κ3) is 2.79. The largest absolute Gasteiger partial charge is 0.345 e. The van der Waals surface area contributed by atoms with E-state index in [0.29, 0.717) is 12.6 Å². The van der Waals surface area contributed by atoms with Crippen LogP contribution in [0.2, 0.25) is 0 Å². The number of carbonyl (C=O) groups excluding carboxylic acids is 1. The van der Waals surface area contributed by atoms with Crippen molar-refractivity contribution < 1.29 is 4.79 Å². The van der Waals surface area contributed by atoms with Crippen molar-refractivity contribution >= 4 is 5.91 Å². The molecule has 2 aromatic heterocycles. The predicted molar refractivity (Wildman–Crippen MR) is 88.7 cm³/mol. The second-order valence-electron chi connectivity index (χ2n) is 6.88. The average molecular weight is 329 g/mol. The number of nitrogens with zero attached hydrogens (tertiary/aromatic N) is 5. The molecule has 0 atom stereocenters. The fraction of sp³-hybridized carbons (Fsp3) is 0.588. The SMILES string of the molecule is Cn1nc(C2CCN(C(=O)Cn3cccc3)CC2)n(C2CC2)c1=O. The normalized spacial score (nSPS) is 19.0. The van der Waals surface area contributed by atoms with Gasteiger partial charge in [0.2, 0.25) is 5.91 Å². The number of aromatic nitrogens is 4. The Bertz CT molecular complexity index is 777. The molecule has 7 nitrogen and oxygen atoms in total. The highest BCUT2D eigenvalue weighted by atomic mass is 16.2. The molecular formula is C17H23N5O2. The van der Waals surface area contributed by atoms with Gasteiger partial charge >= 0.3 is 5.69 Å². The van der Waals surface area contributed by atoms with Crippen LogP contribution in [0.5, 0.6) is 0 Å². The van der Waals surface area contributed by atoms with E-state index < -0.39 is 0 Å². The Kier molecular flexibility index (Phi) is 3.78. The molecule has 0 unspecified atom stereocenters. The lowest BCUT2D eigenvalue weighted by Crippen LogP contribution is -2.40.